The second-order valence-corrected chi connectivity index (χ2v) is 20.6. The van der Waals surface area contributed by atoms with Crippen molar-refractivity contribution >= 4 is 32.8 Å². The number of pyridine rings is 1. The minimum atomic E-state index is -0.234. The molecule has 312 valence electrons. The number of benzene rings is 6. The van der Waals surface area contributed by atoms with Crippen LogP contribution in [0.15, 0.2) is 158 Å². The number of nitrogens with zero attached hydrogens (tertiary/aromatic N) is 4. The van der Waals surface area contributed by atoms with E-state index in [2.05, 4.69) is 236 Å². The van der Waals surface area contributed by atoms with Gasteiger partial charge in [0, 0.05) is 34.5 Å². The second kappa shape index (κ2) is 14.9. The van der Waals surface area contributed by atoms with Crippen LogP contribution in [0, 0.1) is 0 Å². The quantitative estimate of drug-likeness (QED) is 0.150. The Hall–Kier alpha value is -6.46. The Balaban J connectivity index is 1.09. The van der Waals surface area contributed by atoms with Crippen molar-refractivity contribution < 1.29 is 9.30 Å². The summed E-state index contributed by atoms with van der Waals surface area (Å²) in [4.78, 5) is 4.99. The fourth-order valence-electron chi connectivity index (χ4n) is 8.72. The van der Waals surface area contributed by atoms with Gasteiger partial charge in [0.1, 0.15) is 28.7 Å². The molecule has 0 aliphatic carbocycles. The van der Waals surface area contributed by atoms with Crippen molar-refractivity contribution in [3.63, 3.8) is 0 Å². The van der Waals surface area contributed by atoms with Crippen molar-refractivity contribution in [2.45, 2.75) is 97.8 Å². The molecular formula is C57H59N4O+. The molecule has 0 radical (unpaired) electrons. The monoisotopic (exact) mass is 815 g/mol. The third-order valence-corrected chi connectivity index (χ3v) is 12.7. The molecule has 6 aromatic carbocycles. The predicted molar refractivity (Wildman–Crippen MR) is 258 cm³/mol. The first-order chi connectivity index (χ1) is 29.4. The Morgan fingerprint density at radius 1 is 0.468 bits per heavy atom. The van der Waals surface area contributed by atoms with Gasteiger partial charge < -0.3 is 4.74 Å². The number of para-hydroxylation sites is 3. The van der Waals surface area contributed by atoms with E-state index in [9.17, 15) is 0 Å². The smallest absolute Gasteiger partial charge is 0.255 e. The van der Waals surface area contributed by atoms with Crippen molar-refractivity contribution in [1.82, 2.24) is 14.1 Å². The van der Waals surface area contributed by atoms with Gasteiger partial charge in [0.25, 0.3) is 6.33 Å². The first-order valence-electron chi connectivity index (χ1n) is 21.9. The number of ether oxygens (including phenoxy) is 1. The third-order valence-electron chi connectivity index (χ3n) is 12.7. The molecule has 9 aromatic rings. The highest BCUT2D eigenvalue weighted by molar-refractivity contribution is 6.09. The van der Waals surface area contributed by atoms with Gasteiger partial charge in [-0.15, -0.1) is 0 Å². The lowest BCUT2D eigenvalue weighted by molar-refractivity contribution is -0.567. The minimum Gasteiger partial charge on any atom is -0.457 e. The fourth-order valence-corrected chi connectivity index (χ4v) is 8.72. The van der Waals surface area contributed by atoms with Crippen LogP contribution in [0.4, 0.5) is 0 Å². The Kier molecular flexibility index (Phi) is 9.81. The highest BCUT2D eigenvalue weighted by Crippen LogP contribution is 2.38. The molecule has 3 aromatic heterocycles. The number of imidazole rings is 1. The van der Waals surface area contributed by atoms with Crippen LogP contribution in [-0.4, -0.2) is 14.1 Å². The third kappa shape index (κ3) is 7.48. The van der Waals surface area contributed by atoms with Gasteiger partial charge in [0.15, 0.2) is 11.0 Å². The summed E-state index contributed by atoms with van der Waals surface area (Å²) in [7, 11) is 0. The molecule has 0 spiro atoms. The van der Waals surface area contributed by atoms with E-state index in [1.54, 1.807) is 0 Å². The van der Waals surface area contributed by atoms with Crippen molar-refractivity contribution in [3.8, 4) is 28.7 Å². The zero-order chi connectivity index (χ0) is 43.8. The summed E-state index contributed by atoms with van der Waals surface area (Å²) < 4.78 is 13.6. The van der Waals surface area contributed by atoms with E-state index < -0.39 is 0 Å². The summed E-state index contributed by atoms with van der Waals surface area (Å²) >= 11 is 0. The summed E-state index contributed by atoms with van der Waals surface area (Å²) in [5.41, 5.74) is 12.9. The second-order valence-electron chi connectivity index (χ2n) is 20.6. The van der Waals surface area contributed by atoms with Crippen molar-refractivity contribution in [1.29, 1.82) is 0 Å². The first-order valence-corrected chi connectivity index (χ1v) is 21.9. The molecule has 0 amide bonds. The van der Waals surface area contributed by atoms with Crippen molar-refractivity contribution in [2.75, 3.05) is 0 Å². The summed E-state index contributed by atoms with van der Waals surface area (Å²) in [5, 5.41) is 2.33. The largest absolute Gasteiger partial charge is 0.457 e. The van der Waals surface area contributed by atoms with E-state index in [1.807, 2.05) is 12.3 Å². The van der Waals surface area contributed by atoms with Gasteiger partial charge in [-0.1, -0.05) is 143 Å². The Labute approximate surface area is 367 Å². The van der Waals surface area contributed by atoms with Crippen LogP contribution in [0.25, 0.3) is 50.0 Å². The normalized spacial score (nSPS) is 12.8. The molecule has 0 unspecified atom stereocenters. The summed E-state index contributed by atoms with van der Waals surface area (Å²) in [6.45, 7) is 25.1. The van der Waals surface area contributed by atoms with Crippen LogP contribution in [0.1, 0.15) is 104 Å². The minimum absolute atomic E-state index is 0.00876. The van der Waals surface area contributed by atoms with Crippen LogP contribution in [-0.2, 0) is 21.7 Å². The summed E-state index contributed by atoms with van der Waals surface area (Å²) in [5.74, 6) is 2.40. The van der Waals surface area contributed by atoms with E-state index in [0.29, 0.717) is 0 Å². The number of hydrogen-bond donors (Lipinski definition) is 0. The number of fused-ring (bicyclic) bond motifs is 4. The Morgan fingerprint density at radius 3 is 1.77 bits per heavy atom. The maximum Gasteiger partial charge on any atom is 0.255 e. The molecule has 0 bridgehead atoms. The molecule has 0 N–H and O–H groups in total. The lowest BCUT2D eigenvalue weighted by Crippen LogP contribution is -2.31. The van der Waals surface area contributed by atoms with Gasteiger partial charge >= 0.3 is 0 Å². The highest BCUT2D eigenvalue weighted by atomic mass is 16.5. The van der Waals surface area contributed by atoms with Gasteiger partial charge in [-0.3, -0.25) is 4.57 Å². The lowest BCUT2D eigenvalue weighted by atomic mass is 9.77. The predicted octanol–water partition coefficient (Wildman–Crippen LogP) is 14.4. The molecule has 0 aliphatic rings. The topological polar surface area (TPSA) is 35.9 Å². The Bertz CT molecular complexity index is 3090. The SMILES string of the molecule is CC(C)(C)c1ccc(C(C)(C)c2ccnc(-n3c4ccccc4c4ccc(Oc5cccc(-n6c[n+](-c7cc(C(C)(C)C)cc(C(C)(C)C)c7)c7ccccc76)c5)cc43)c2)cc1. The average molecular weight is 816 g/mol. The molecule has 0 aliphatic heterocycles. The highest BCUT2D eigenvalue weighted by Gasteiger charge is 2.27. The van der Waals surface area contributed by atoms with Crippen molar-refractivity contribution in [3.05, 3.63) is 186 Å². The zero-order valence-corrected chi connectivity index (χ0v) is 38.2. The fraction of sp³-hybridized carbons (Fsp3) is 0.263. The van der Waals surface area contributed by atoms with Crippen LogP contribution >= 0.6 is 0 Å². The number of rotatable bonds is 7. The standard InChI is InChI=1S/C57H59N4O/c1-54(2,3)38-23-25-39(26-24-38)57(10,11)40-29-30-58-53(34-40)61-49-20-13-12-19-47(49)48-28-27-46(36-52(48)61)62-45-18-16-17-43(35-45)59-37-60(51-22-15-14-21-50(51)59)44-32-41(55(4,5)6)31-42(33-44)56(7,8)9/h12-37H,1-11H3/q+1. The van der Waals surface area contributed by atoms with E-state index in [0.717, 1.165) is 56.1 Å². The molecule has 5 nitrogen and oxygen atoms in total. The van der Waals surface area contributed by atoms with Crippen LogP contribution in [0.3, 0.4) is 0 Å². The van der Waals surface area contributed by atoms with E-state index in [-0.39, 0.29) is 21.7 Å². The van der Waals surface area contributed by atoms with Crippen LogP contribution in [0.2, 0.25) is 0 Å². The zero-order valence-electron chi connectivity index (χ0n) is 38.2. The van der Waals surface area contributed by atoms with Gasteiger partial charge in [-0.05, 0) is 111 Å². The maximum absolute atomic E-state index is 6.76. The van der Waals surface area contributed by atoms with E-state index in [1.165, 1.54) is 33.2 Å². The molecule has 9 rings (SSSR count). The lowest BCUT2D eigenvalue weighted by Gasteiger charge is -2.28. The Morgan fingerprint density at radius 2 is 1.08 bits per heavy atom. The van der Waals surface area contributed by atoms with E-state index in [4.69, 9.17) is 9.72 Å². The molecule has 0 fully saturated rings. The van der Waals surface area contributed by atoms with Gasteiger partial charge in [-0.2, -0.15) is 9.13 Å². The van der Waals surface area contributed by atoms with Gasteiger partial charge in [0.2, 0.25) is 0 Å². The van der Waals surface area contributed by atoms with Gasteiger partial charge in [-0.25, -0.2) is 4.98 Å². The number of aromatic nitrogens is 4. The molecule has 0 saturated heterocycles. The van der Waals surface area contributed by atoms with Gasteiger partial charge in [0.05, 0.1) is 11.0 Å². The summed E-state index contributed by atoms with van der Waals surface area (Å²) in [6, 6.07) is 52.6. The van der Waals surface area contributed by atoms with Crippen LogP contribution < -0.4 is 9.30 Å². The first kappa shape index (κ1) is 40.9. The molecule has 0 saturated carbocycles. The number of hydrogen-bond acceptors (Lipinski definition) is 2. The maximum atomic E-state index is 6.76. The summed E-state index contributed by atoms with van der Waals surface area (Å²) in [6.07, 6.45) is 4.16. The molecular weight excluding hydrogens is 757 g/mol. The van der Waals surface area contributed by atoms with Crippen molar-refractivity contribution in [2.24, 2.45) is 0 Å². The average Bonchev–Trinajstić information content (AvgIpc) is 3.79. The molecule has 3 heterocycles. The van der Waals surface area contributed by atoms with Crippen LogP contribution in [0.5, 0.6) is 11.5 Å². The molecule has 62 heavy (non-hydrogen) atoms. The molecule has 5 heteroatoms. The van der Waals surface area contributed by atoms with E-state index >= 15 is 0 Å². The molecule has 0 atom stereocenters.